The molecule has 0 aliphatic carbocycles. The maximum Gasteiger partial charge on any atom is 0.348 e. The Balaban J connectivity index is 1.81. The van der Waals surface area contributed by atoms with E-state index >= 15 is 0 Å². The number of benzene rings is 1. The second-order valence-electron chi connectivity index (χ2n) is 13.0. The highest BCUT2D eigenvalue weighted by atomic mass is 32.2. The molecule has 18 nitrogen and oxygen atoms in total. The van der Waals surface area contributed by atoms with Crippen LogP contribution in [0.2, 0.25) is 0 Å². The number of hydrogen-bond donors (Lipinski definition) is 2. The summed E-state index contributed by atoms with van der Waals surface area (Å²) in [6, 6.07) is 5.55. The Morgan fingerprint density at radius 3 is 1.84 bits per heavy atom. The number of ether oxygens (including phenoxy) is 6. The number of thiophene rings is 1. The van der Waals surface area contributed by atoms with Gasteiger partial charge in [0.15, 0.2) is 5.00 Å². The van der Waals surface area contributed by atoms with Crippen LogP contribution in [-0.2, 0) is 54.4 Å². The molecule has 0 aliphatic heterocycles. The first-order valence-corrected chi connectivity index (χ1v) is 23.4. The summed E-state index contributed by atoms with van der Waals surface area (Å²) in [7, 11) is -8.60. The van der Waals surface area contributed by atoms with Crippen LogP contribution in [0.4, 0.5) is 16.4 Å². The zero-order valence-corrected chi connectivity index (χ0v) is 36.9. The maximum atomic E-state index is 12.9. The van der Waals surface area contributed by atoms with Crippen molar-refractivity contribution in [3.8, 4) is 0 Å². The molecule has 0 spiro atoms. The standard InChI is InChI=1S/C37H60N4O14S3/c1-7-40(15-18-50-20-22-52-24-25-53-23-21-51-19-17-41(8-2,9-3)16-12-26-57(44,45)46)30-13-14-32(29(6)27-30)38-39-35-33(36(42)54-10-4)31(28-58(47,48)49)34(56-35)37(43)55-11-5/h13-14,27H,7-12,15-26,28H2,1-6H3,(H-,44,45,46,47,48,49)/p+1. The molecule has 1 aromatic heterocycles. The van der Waals surface area contributed by atoms with E-state index in [0.717, 1.165) is 46.7 Å². The van der Waals surface area contributed by atoms with Gasteiger partial charge in [0, 0.05) is 30.8 Å². The minimum atomic E-state index is -4.65. The van der Waals surface area contributed by atoms with E-state index in [2.05, 4.69) is 29.0 Å². The number of quaternary nitrogens is 1. The molecule has 330 valence electrons. The Labute approximate surface area is 346 Å². The molecule has 0 aliphatic rings. The number of esters is 2. The van der Waals surface area contributed by atoms with Crippen LogP contribution in [-0.4, -0.2) is 153 Å². The molecule has 0 saturated heterocycles. The van der Waals surface area contributed by atoms with Crippen molar-refractivity contribution in [2.75, 3.05) is 116 Å². The van der Waals surface area contributed by atoms with Gasteiger partial charge in [0.1, 0.15) is 22.7 Å². The summed E-state index contributed by atoms with van der Waals surface area (Å²) in [5.41, 5.74) is 1.62. The van der Waals surface area contributed by atoms with E-state index in [1.165, 1.54) is 0 Å². The van der Waals surface area contributed by atoms with E-state index in [9.17, 15) is 31.0 Å². The van der Waals surface area contributed by atoms with Crippen molar-refractivity contribution in [2.45, 2.75) is 53.7 Å². The molecule has 2 rings (SSSR count). The molecule has 0 amide bonds. The number of likely N-dealkylation sites (N-methyl/N-ethyl adjacent to an activating group) is 2. The first-order chi connectivity index (χ1) is 27.5. The second-order valence-corrected chi connectivity index (χ2v) is 17.0. The van der Waals surface area contributed by atoms with Gasteiger partial charge in [-0.2, -0.15) is 16.8 Å². The molecule has 1 aromatic carbocycles. The zero-order valence-electron chi connectivity index (χ0n) is 34.5. The normalized spacial score (nSPS) is 12.3. The number of azo groups is 1. The fraction of sp³-hybridized carbons (Fsp3) is 0.676. The molecule has 2 aromatic rings. The number of anilines is 1. The summed E-state index contributed by atoms with van der Waals surface area (Å²) in [5.74, 6) is -3.03. The maximum absolute atomic E-state index is 12.9. The average molecular weight is 882 g/mol. The predicted octanol–water partition coefficient (Wildman–Crippen LogP) is 5.24. The lowest BCUT2D eigenvalue weighted by molar-refractivity contribution is -0.925. The number of rotatable bonds is 31. The summed E-state index contributed by atoms with van der Waals surface area (Å²) in [4.78, 5) is 27.5. The third kappa shape index (κ3) is 18.4. The lowest BCUT2D eigenvalue weighted by Crippen LogP contribution is -2.50. The number of hydrogen-bond acceptors (Lipinski definition) is 16. The van der Waals surface area contributed by atoms with Gasteiger partial charge in [0.25, 0.3) is 20.2 Å². The Bertz CT molecular complexity index is 1820. The van der Waals surface area contributed by atoms with Crippen LogP contribution in [0.3, 0.4) is 0 Å². The van der Waals surface area contributed by atoms with Crippen LogP contribution in [0.25, 0.3) is 0 Å². The number of nitrogens with zero attached hydrogens (tertiary/aromatic N) is 4. The van der Waals surface area contributed by atoms with Gasteiger partial charge < -0.3 is 37.8 Å². The van der Waals surface area contributed by atoms with Crippen LogP contribution in [0, 0.1) is 6.92 Å². The number of aryl methyl sites for hydroxylation is 1. The summed E-state index contributed by atoms with van der Waals surface area (Å²) in [6.45, 7) is 19.1. The molecular weight excluding hydrogens is 821 g/mol. The van der Waals surface area contributed by atoms with Gasteiger partial charge >= 0.3 is 11.9 Å². The smallest absolute Gasteiger partial charge is 0.348 e. The Kier molecular flexibility index (Phi) is 23.0. The Morgan fingerprint density at radius 1 is 0.759 bits per heavy atom. The van der Waals surface area contributed by atoms with Gasteiger partial charge in [-0.3, -0.25) is 9.11 Å². The van der Waals surface area contributed by atoms with E-state index in [-0.39, 0.29) is 40.0 Å². The van der Waals surface area contributed by atoms with Crippen molar-refractivity contribution in [1.82, 2.24) is 0 Å². The van der Waals surface area contributed by atoms with Gasteiger partial charge in [0.05, 0.1) is 97.1 Å². The molecule has 21 heteroatoms. The molecule has 0 saturated carbocycles. The average Bonchev–Trinajstić information content (AvgIpc) is 3.51. The van der Waals surface area contributed by atoms with E-state index in [1.807, 2.05) is 26.0 Å². The van der Waals surface area contributed by atoms with E-state index < -0.39 is 37.9 Å². The highest BCUT2D eigenvalue weighted by molar-refractivity contribution is 7.85. The lowest BCUT2D eigenvalue weighted by atomic mass is 10.1. The van der Waals surface area contributed by atoms with Crippen LogP contribution < -0.4 is 4.90 Å². The van der Waals surface area contributed by atoms with E-state index in [4.69, 9.17) is 33.0 Å². The molecule has 58 heavy (non-hydrogen) atoms. The quantitative estimate of drug-likeness (QED) is 0.0325. The fourth-order valence-corrected chi connectivity index (χ4v) is 8.14. The van der Waals surface area contributed by atoms with Crippen LogP contribution in [0.5, 0.6) is 0 Å². The molecule has 0 fully saturated rings. The van der Waals surface area contributed by atoms with E-state index in [1.54, 1.807) is 19.9 Å². The highest BCUT2D eigenvalue weighted by Gasteiger charge is 2.31. The first kappa shape index (κ1) is 51.0. The molecule has 0 bridgehead atoms. The Hall–Kier alpha value is -3.12. The summed E-state index contributed by atoms with van der Waals surface area (Å²) < 4.78 is 97.9. The van der Waals surface area contributed by atoms with Crippen molar-refractivity contribution < 1.29 is 68.4 Å². The molecule has 0 unspecified atom stereocenters. The third-order valence-corrected chi connectivity index (χ3v) is 11.7. The summed E-state index contributed by atoms with van der Waals surface area (Å²) in [6.07, 6.45) is 0.401. The zero-order chi connectivity index (χ0) is 43.2. The largest absolute Gasteiger partial charge is 0.462 e. The molecule has 0 radical (unpaired) electrons. The molecule has 1 heterocycles. The molecular formula is C37H61N4O14S3+. The van der Waals surface area contributed by atoms with Crippen molar-refractivity contribution in [3.63, 3.8) is 0 Å². The predicted molar refractivity (Wildman–Crippen MR) is 220 cm³/mol. The van der Waals surface area contributed by atoms with Crippen LogP contribution in [0.1, 0.15) is 72.2 Å². The minimum absolute atomic E-state index is 0.000215. The number of carbonyl (C=O) groups is 2. The monoisotopic (exact) mass is 881 g/mol. The van der Waals surface area contributed by atoms with Gasteiger partial charge in [-0.1, -0.05) is 0 Å². The highest BCUT2D eigenvalue weighted by Crippen LogP contribution is 2.39. The van der Waals surface area contributed by atoms with E-state index in [0.29, 0.717) is 84.6 Å². The van der Waals surface area contributed by atoms with Gasteiger partial charge in [0.2, 0.25) is 0 Å². The van der Waals surface area contributed by atoms with Crippen molar-refractivity contribution in [2.24, 2.45) is 10.2 Å². The molecule has 0 atom stereocenters. The Morgan fingerprint density at radius 2 is 1.33 bits per heavy atom. The van der Waals surface area contributed by atoms with Crippen molar-refractivity contribution >= 4 is 59.9 Å². The van der Waals surface area contributed by atoms with Gasteiger partial charge in [-0.25, -0.2) is 9.59 Å². The summed E-state index contributed by atoms with van der Waals surface area (Å²) >= 11 is 0.722. The van der Waals surface area contributed by atoms with Gasteiger partial charge in [-0.05, 0) is 65.3 Å². The topological polar surface area (TPSA) is 226 Å². The fourth-order valence-electron chi connectivity index (χ4n) is 5.88. The molecule has 2 N–H and O–H groups in total. The SMILES string of the molecule is CCOC(=O)c1sc(N=Nc2ccc(N(CC)CCOCCOCCOCCOCC[N+](CC)(CC)CCCS(=O)(=O)O)cc2C)c(C(=O)OCC)c1CS(=O)(=O)O. The van der Waals surface area contributed by atoms with Crippen LogP contribution >= 0.6 is 11.3 Å². The van der Waals surface area contributed by atoms with Gasteiger partial charge in [-0.15, -0.1) is 21.6 Å². The number of carbonyl (C=O) groups excluding carboxylic acids is 2. The summed E-state index contributed by atoms with van der Waals surface area (Å²) in [5, 5.41) is 8.45. The van der Waals surface area contributed by atoms with Crippen molar-refractivity contribution in [3.05, 3.63) is 39.8 Å². The lowest BCUT2D eigenvalue weighted by Gasteiger charge is -2.36. The minimum Gasteiger partial charge on any atom is -0.462 e. The van der Waals surface area contributed by atoms with Crippen molar-refractivity contribution in [1.29, 1.82) is 0 Å². The second kappa shape index (κ2) is 26.2. The van der Waals surface area contributed by atoms with Crippen LogP contribution in [0.15, 0.2) is 28.4 Å². The third-order valence-electron chi connectivity index (χ3n) is 9.14. The first-order valence-electron chi connectivity index (χ1n) is 19.4.